The van der Waals surface area contributed by atoms with E-state index in [1.54, 1.807) is 0 Å². The number of hydrogen-bond donors (Lipinski definition) is 2. The standard InChI is InChI=1S/C15H28N2O2/c1-11(2)14-12(6-4-8-19-14)10-17-15(18)13-5-3-7-16-9-13/h11-14,16H,3-10H2,1-2H3,(H,17,18). The molecule has 2 fully saturated rings. The second-order valence-electron chi connectivity index (χ2n) is 6.27. The molecule has 2 aliphatic heterocycles. The van der Waals surface area contributed by atoms with Gasteiger partial charge in [-0.15, -0.1) is 0 Å². The average Bonchev–Trinajstić information content (AvgIpc) is 2.46. The number of piperidine rings is 1. The lowest BCUT2D eigenvalue weighted by molar-refractivity contribution is -0.126. The fourth-order valence-corrected chi connectivity index (χ4v) is 3.27. The highest BCUT2D eigenvalue weighted by molar-refractivity contribution is 5.78. The Morgan fingerprint density at radius 1 is 1.37 bits per heavy atom. The van der Waals surface area contributed by atoms with Gasteiger partial charge in [0.15, 0.2) is 0 Å². The molecule has 2 aliphatic rings. The molecule has 2 heterocycles. The molecule has 4 heteroatoms. The van der Waals surface area contributed by atoms with Crippen molar-refractivity contribution in [3.05, 3.63) is 0 Å². The third kappa shape index (κ3) is 4.18. The molecule has 3 atom stereocenters. The predicted octanol–water partition coefficient (Wildman–Crippen LogP) is 1.55. The van der Waals surface area contributed by atoms with Gasteiger partial charge in [-0.25, -0.2) is 0 Å². The predicted molar refractivity (Wildman–Crippen MR) is 75.9 cm³/mol. The summed E-state index contributed by atoms with van der Waals surface area (Å²) in [5.41, 5.74) is 0. The van der Waals surface area contributed by atoms with Crippen molar-refractivity contribution in [2.75, 3.05) is 26.2 Å². The minimum absolute atomic E-state index is 0.163. The average molecular weight is 268 g/mol. The van der Waals surface area contributed by atoms with Crippen molar-refractivity contribution in [1.82, 2.24) is 10.6 Å². The summed E-state index contributed by atoms with van der Waals surface area (Å²) >= 11 is 0. The quantitative estimate of drug-likeness (QED) is 0.813. The lowest BCUT2D eigenvalue weighted by Crippen LogP contribution is -2.45. The van der Waals surface area contributed by atoms with Gasteiger partial charge in [0.05, 0.1) is 12.0 Å². The molecule has 0 aliphatic carbocycles. The van der Waals surface area contributed by atoms with E-state index in [1.807, 2.05) is 0 Å². The maximum absolute atomic E-state index is 12.1. The molecule has 0 aromatic heterocycles. The Hall–Kier alpha value is -0.610. The van der Waals surface area contributed by atoms with Crippen molar-refractivity contribution < 1.29 is 9.53 Å². The van der Waals surface area contributed by atoms with Crippen LogP contribution in [0.15, 0.2) is 0 Å². The Balaban J connectivity index is 1.77. The van der Waals surface area contributed by atoms with Crippen LogP contribution >= 0.6 is 0 Å². The minimum Gasteiger partial charge on any atom is -0.378 e. The third-order valence-corrected chi connectivity index (χ3v) is 4.36. The third-order valence-electron chi connectivity index (χ3n) is 4.36. The van der Waals surface area contributed by atoms with E-state index in [0.717, 1.165) is 45.5 Å². The molecule has 0 aromatic carbocycles. The number of nitrogens with one attached hydrogen (secondary N) is 2. The van der Waals surface area contributed by atoms with Crippen LogP contribution < -0.4 is 10.6 Å². The van der Waals surface area contributed by atoms with E-state index in [-0.39, 0.29) is 11.8 Å². The SMILES string of the molecule is CC(C)C1OCCCC1CNC(=O)C1CCCNC1. The summed E-state index contributed by atoms with van der Waals surface area (Å²) < 4.78 is 5.87. The first-order chi connectivity index (χ1) is 9.18. The van der Waals surface area contributed by atoms with Crippen molar-refractivity contribution in [1.29, 1.82) is 0 Å². The molecule has 3 unspecified atom stereocenters. The largest absolute Gasteiger partial charge is 0.378 e. The van der Waals surface area contributed by atoms with Crippen LogP contribution in [0, 0.1) is 17.8 Å². The summed E-state index contributed by atoms with van der Waals surface area (Å²) in [4.78, 5) is 12.1. The van der Waals surface area contributed by atoms with E-state index in [1.165, 1.54) is 6.42 Å². The summed E-state index contributed by atoms with van der Waals surface area (Å²) in [6, 6.07) is 0. The Morgan fingerprint density at radius 2 is 2.21 bits per heavy atom. The molecule has 0 radical (unpaired) electrons. The zero-order valence-corrected chi connectivity index (χ0v) is 12.3. The number of carbonyl (C=O) groups is 1. The van der Waals surface area contributed by atoms with E-state index in [0.29, 0.717) is 17.9 Å². The summed E-state index contributed by atoms with van der Waals surface area (Å²) in [6.45, 7) is 7.94. The van der Waals surface area contributed by atoms with E-state index in [4.69, 9.17) is 4.74 Å². The summed E-state index contributed by atoms with van der Waals surface area (Å²) in [6.07, 6.45) is 4.73. The zero-order chi connectivity index (χ0) is 13.7. The Bertz CT molecular complexity index is 288. The summed E-state index contributed by atoms with van der Waals surface area (Å²) in [5.74, 6) is 1.39. The van der Waals surface area contributed by atoms with Crippen molar-refractivity contribution in [3.8, 4) is 0 Å². The van der Waals surface area contributed by atoms with E-state index >= 15 is 0 Å². The van der Waals surface area contributed by atoms with Crippen LogP contribution in [0.5, 0.6) is 0 Å². The topological polar surface area (TPSA) is 50.4 Å². The second-order valence-corrected chi connectivity index (χ2v) is 6.27. The molecule has 2 saturated heterocycles. The fourth-order valence-electron chi connectivity index (χ4n) is 3.27. The van der Waals surface area contributed by atoms with Crippen LogP contribution in [0.25, 0.3) is 0 Å². The lowest BCUT2D eigenvalue weighted by Gasteiger charge is -2.35. The Labute approximate surface area is 116 Å². The van der Waals surface area contributed by atoms with Gasteiger partial charge < -0.3 is 15.4 Å². The lowest BCUT2D eigenvalue weighted by atomic mass is 9.87. The summed E-state index contributed by atoms with van der Waals surface area (Å²) in [5, 5.41) is 6.44. The van der Waals surface area contributed by atoms with Gasteiger partial charge in [0, 0.05) is 25.6 Å². The minimum atomic E-state index is 0.163. The van der Waals surface area contributed by atoms with Crippen molar-refractivity contribution in [2.24, 2.45) is 17.8 Å². The molecular formula is C15H28N2O2. The van der Waals surface area contributed by atoms with E-state index < -0.39 is 0 Å². The molecule has 19 heavy (non-hydrogen) atoms. The van der Waals surface area contributed by atoms with Crippen LogP contribution in [0.3, 0.4) is 0 Å². The van der Waals surface area contributed by atoms with Gasteiger partial charge in [0.1, 0.15) is 0 Å². The molecule has 4 nitrogen and oxygen atoms in total. The van der Waals surface area contributed by atoms with Crippen LogP contribution in [0.2, 0.25) is 0 Å². The van der Waals surface area contributed by atoms with E-state index in [2.05, 4.69) is 24.5 Å². The molecule has 0 spiro atoms. The zero-order valence-electron chi connectivity index (χ0n) is 12.3. The monoisotopic (exact) mass is 268 g/mol. The Morgan fingerprint density at radius 3 is 2.89 bits per heavy atom. The van der Waals surface area contributed by atoms with Crippen molar-refractivity contribution in [2.45, 2.75) is 45.6 Å². The maximum atomic E-state index is 12.1. The van der Waals surface area contributed by atoms with Crippen molar-refractivity contribution in [3.63, 3.8) is 0 Å². The van der Waals surface area contributed by atoms with Gasteiger partial charge in [-0.05, 0) is 38.1 Å². The Kier molecular flexibility index (Phi) is 5.64. The van der Waals surface area contributed by atoms with Gasteiger partial charge in [-0.2, -0.15) is 0 Å². The van der Waals surface area contributed by atoms with Crippen LogP contribution in [-0.2, 0) is 9.53 Å². The second kappa shape index (κ2) is 7.25. The van der Waals surface area contributed by atoms with Gasteiger partial charge in [0.25, 0.3) is 0 Å². The molecule has 1 amide bonds. The van der Waals surface area contributed by atoms with Crippen molar-refractivity contribution >= 4 is 5.91 Å². The number of hydrogen-bond acceptors (Lipinski definition) is 3. The number of amides is 1. The fraction of sp³-hybridized carbons (Fsp3) is 0.933. The highest BCUT2D eigenvalue weighted by Gasteiger charge is 2.29. The molecule has 0 bridgehead atoms. The molecule has 2 N–H and O–H groups in total. The maximum Gasteiger partial charge on any atom is 0.224 e. The highest BCUT2D eigenvalue weighted by Crippen LogP contribution is 2.25. The van der Waals surface area contributed by atoms with Crippen LogP contribution in [0.1, 0.15) is 39.5 Å². The van der Waals surface area contributed by atoms with Gasteiger partial charge in [0.2, 0.25) is 5.91 Å². The summed E-state index contributed by atoms with van der Waals surface area (Å²) in [7, 11) is 0. The number of ether oxygens (including phenoxy) is 1. The first kappa shape index (κ1) is 14.8. The van der Waals surface area contributed by atoms with Gasteiger partial charge in [-0.1, -0.05) is 13.8 Å². The smallest absolute Gasteiger partial charge is 0.224 e. The number of rotatable bonds is 4. The van der Waals surface area contributed by atoms with Crippen LogP contribution in [0.4, 0.5) is 0 Å². The molecule has 0 saturated carbocycles. The van der Waals surface area contributed by atoms with E-state index in [9.17, 15) is 4.79 Å². The van der Waals surface area contributed by atoms with Gasteiger partial charge >= 0.3 is 0 Å². The molecule has 0 aromatic rings. The molecule has 2 rings (SSSR count). The van der Waals surface area contributed by atoms with Crippen LogP contribution in [-0.4, -0.2) is 38.3 Å². The first-order valence-electron chi connectivity index (χ1n) is 7.78. The normalized spacial score (nSPS) is 32.3. The highest BCUT2D eigenvalue weighted by atomic mass is 16.5. The van der Waals surface area contributed by atoms with Gasteiger partial charge in [-0.3, -0.25) is 4.79 Å². The molecule has 110 valence electrons. The number of carbonyl (C=O) groups excluding carboxylic acids is 1. The first-order valence-corrected chi connectivity index (χ1v) is 7.78. The molecular weight excluding hydrogens is 240 g/mol.